The van der Waals surface area contributed by atoms with Gasteiger partial charge in [0.2, 0.25) is 5.91 Å². The number of hydrogen-bond donors (Lipinski definition) is 1. The maximum atomic E-state index is 11.7. The average molecular weight is 356 g/mol. The minimum atomic E-state index is 0.00804. The number of benzene rings is 2. The number of hydrogen-bond acceptors (Lipinski definition) is 2. The molecule has 1 aliphatic heterocycles. The number of carbonyl (C=O) groups is 1. The summed E-state index contributed by atoms with van der Waals surface area (Å²) in [5.74, 6) is 0.00804. The van der Waals surface area contributed by atoms with Gasteiger partial charge in [0.15, 0.2) is 0 Å². The fraction of sp³-hybridized carbons (Fsp3) is 0.182. The van der Waals surface area contributed by atoms with Crippen molar-refractivity contribution < 1.29 is 4.79 Å². The van der Waals surface area contributed by atoms with Crippen LogP contribution in [0.4, 0.5) is 0 Å². The molecule has 134 valence electrons. The van der Waals surface area contributed by atoms with Gasteiger partial charge in [-0.1, -0.05) is 18.7 Å². The van der Waals surface area contributed by atoms with Gasteiger partial charge in [0.05, 0.1) is 17.8 Å². The van der Waals surface area contributed by atoms with E-state index in [1.165, 1.54) is 33.7 Å². The van der Waals surface area contributed by atoms with E-state index in [0.29, 0.717) is 6.04 Å². The van der Waals surface area contributed by atoms with E-state index in [1.54, 1.807) is 0 Å². The Balaban J connectivity index is 1.53. The number of rotatable bonds is 3. The standard InChI is InChI=1S/C22H20N4O/c1-3-21(27)25-12-17(13-25)26-9-8-15-10-16(5-7-20(15)26)22-14(2)4-6-19-18(22)11-23-24-19/h3-11,17H,1,12-13H2,2H3,(H,23,24). The number of nitrogens with one attached hydrogen (secondary N) is 1. The number of aryl methyl sites for hydroxylation is 1. The Morgan fingerprint density at radius 1 is 1.26 bits per heavy atom. The van der Waals surface area contributed by atoms with Crippen LogP contribution in [0, 0.1) is 6.92 Å². The molecule has 2 aromatic carbocycles. The van der Waals surface area contributed by atoms with E-state index in [9.17, 15) is 4.79 Å². The van der Waals surface area contributed by atoms with Gasteiger partial charge in [-0.25, -0.2) is 0 Å². The molecule has 4 aromatic rings. The number of aromatic nitrogens is 3. The molecule has 1 N–H and O–H groups in total. The fourth-order valence-corrected chi connectivity index (χ4v) is 4.09. The van der Waals surface area contributed by atoms with Crippen LogP contribution in [-0.2, 0) is 4.79 Å². The predicted molar refractivity (Wildman–Crippen MR) is 108 cm³/mol. The maximum absolute atomic E-state index is 11.7. The summed E-state index contributed by atoms with van der Waals surface area (Å²) in [7, 11) is 0. The second kappa shape index (κ2) is 5.84. The van der Waals surface area contributed by atoms with Crippen LogP contribution in [0.2, 0.25) is 0 Å². The molecule has 1 fully saturated rings. The predicted octanol–water partition coefficient (Wildman–Crippen LogP) is 4.06. The van der Waals surface area contributed by atoms with Crippen LogP contribution in [0.25, 0.3) is 32.9 Å². The van der Waals surface area contributed by atoms with Gasteiger partial charge in [0.1, 0.15) is 0 Å². The van der Waals surface area contributed by atoms with E-state index in [-0.39, 0.29) is 5.91 Å². The smallest absolute Gasteiger partial charge is 0.246 e. The van der Waals surface area contributed by atoms with Gasteiger partial charge >= 0.3 is 0 Å². The van der Waals surface area contributed by atoms with Crippen molar-refractivity contribution in [1.82, 2.24) is 19.7 Å². The van der Waals surface area contributed by atoms with Crippen molar-refractivity contribution in [2.24, 2.45) is 0 Å². The third-order valence-corrected chi connectivity index (χ3v) is 5.58. The zero-order valence-electron chi connectivity index (χ0n) is 15.1. The number of carbonyl (C=O) groups excluding carboxylic acids is 1. The largest absolute Gasteiger partial charge is 0.341 e. The molecule has 27 heavy (non-hydrogen) atoms. The van der Waals surface area contributed by atoms with E-state index < -0.39 is 0 Å². The molecule has 2 aromatic heterocycles. The first-order valence-electron chi connectivity index (χ1n) is 9.10. The molecular weight excluding hydrogens is 336 g/mol. The lowest BCUT2D eigenvalue weighted by Crippen LogP contribution is -2.49. The molecule has 5 rings (SSSR count). The van der Waals surface area contributed by atoms with Gasteiger partial charge < -0.3 is 9.47 Å². The Hall–Kier alpha value is -3.34. The number of nitrogens with zero attached hydrogens (tertiary/aromatic N) is 3. The van der Waals surface area contributed by atoms with Crippen LogP contribution in [-0.4, -0.2) is 38.7 Å². The van der Waals surface area contributed by atoms with Gasteiger partial charge in [0, 0.05) is 35.6 Å². The van der Waals surface area contributed by atoms with Gasteiger partial charge in [-0.15, -0.1) is 0 Å². The lowest BCUT2D eigenvalue weighted by molar-refractivity contribution is -0.131. The third kappa shape index (κ3) is 2.39. The maximum Gasteiger partial charge on any atom is 0.246 e. The summed E-state index contributed by atoms with van der Waals surface area (Å²) < 4.78 is 2.28. The summed E-state index contributed by atoms with van der Waals surface area (Å²) >= 11 is 0. The van der Waals surface area contributed by atoms with E-state index >= 15 is 0 Å². The lowest BCUT2D eigenvalue weighted by atomic mass is 9.96. The van der Waals surface area contributed by atoms with Gasteiger partial charge in [-0.3, -0.25) is 9.89 Å². The van der Waals surface area contributed by atoms with Crippen molar-refractivity contribution in [2.75, 3.05) is 13.1 Å². The van der Waals surface area contributed by atoms with E-state index in [4.69, 9.17) is 0 Å². The zero-order valence-corrected chi connectivity index (χ0v) is 15.1. The molecule has 0 aliphatic carbocycles. The van der Waals surface area contributed by atoms with E-state index in [0.717, 1.165) is 24.0 Å². The summed E-state index contributed by atoms with van der Waals surface area (Å²) in [6.45, 7) is 7.18. The quantitative estimate of drug-likeness (QED) is 0.563. The molecule has 0 spiro atoms. The first-order chi connectivity index (χ1) is 13.2. The highest BCUT2D eigenvalue weighted by molar-refractivity contribution is 5.98. The minimum Gasteiger partial charge on any atom is -0.341 e. The Labute approximate surface area is 156 Å². The average Bonchev–Trinajstić information content (AvgIpc) is 3.27. The molecule has 5 nitrogen and oxygen atoms in total. The van der Waals surface area contributed by atoms with Crippen LogP contribution < -0.4 is 0 Å². The molecule has 1 aliphatic rings. The first-order valence-corrected chi connectivity index (χ1v) is 9.10. The van der Waals surface area contributed by atoms with Crippen LogP contribution in [0.5, 0.6) is 0 Å². The summed E-state index contributed by atoms with van der Waals surface area (Å²) in [6.07, 6.45) is 5.40. The number of aromatic amines is 1. The first kappa shape index (κ1) is 15.9. The van der Waals surface area contributed by atoms with Gasteiger partial charge in [0.25, 0.3) is 0 Å². The number of fused-ring (bicyclic) bond motifs is 2. The normalized spacial score (nSPS) is 14.6. The molecular formula is C22H20N4O. The Morgan fingerprint density at radius 2 is 2.11 bits per heavy atom. The molecule has 1 saturated heterocycles. The second-order valence-electron chi connectivity index (χ2n) is 7.19. The molecule has 0 saturated carbocycles. The van der Waals surface area contributed by atoms with Gasteiger partial charge in [-0.2, -0.15) is 5.10 Å². The third-order valence-electron chi connectivity index (χ3n) is 5.58. The molecule has 5 heteroatoms. The molecule has 0 bridgehead atoms. The van der Waals surface area contributed by atoms with Gasteiger partial charge in [-0.05, 0) is 54.0 Å². The van der Waals surface area contributed by atoms with Crippen molar-refractivity contribution in [1.29, 1.82) is 0 Å². The molecule has 3 heterocycles. The second-order valence-corrected chi connectivity index (χ2v) is 7.19. The topological polar surface area (TPSA) is 53.9 Å². The monoisotopic (exact) mass is 356 g/mol. The Kier molecular flexibility index (Phi) is 3.44. The molecule has 0 unspecified atom stereocenters. The van der Waals surface area contributed by atoms with Crippen molar-refractivity contribution >= 4 is 27.7 Å². The highest BCUT2D eigenvalue weighted by Crippen LogP contribution is 2.34. The Bertz CT molecular complexity index is 1190. The highest BCUT2D eigenvalue weighted by atomic mass is 16.2. The molecule has 0 atom stereocenters. The zero-order chi connectivity index (χ0) is 18.5. The van der Waals surface area contributed by atoms with Crippen molar-refractivity contribution in [2.45, 2.75) is 13.0 Å². The number of amides is 1. The summed E-state index contributed by atoms with van der Waals surface area (Å²) in [4.78, 5) is 13.5. The van der Waals surface area contributed by atoms with Crippen LogP contribution in [0.1, 0.15) is 11.6 Å². The minimum absolute atomic E-state index is 0.00804. The Morgan fingerprint density at radius 3 is 2.93 bits per heavy atom. The van der Waals surface area contributed by atoms with E-state index in [2.05, 4.69) is 70.9 Å². The lowest BCUT2D eigenvalue weighted by Gasteiger charge is -2.39. The summed E-state index contributed by atoms with van der Waals surface area (Å²) in [5.41, 5.74) is 5.91. The van der Waals surface area contributed by atoms with Crippen molar-refractivity contribution in [3.63, 3.8) is 0 Å². The molecule has 1 amide bonds. The SMILES string of the molecule is C=CC(=O)N1CC(n2ccc3cc(-c4c(C)ccc5[nH]ncc45)ccc32)C1. The van der Waals surface area contributed by atoms with Crippen LogP contribution in [0.3, 0.4) is 0 Å². The van der Waals surface area contributed by atoms with Crippen molar-refractivity contribution in [3.8, 4) is 11.1 Å². The van der Waals surface area contributed by atoms with Crippen LogP contribution >= 0.6 is 0 Å². The summed E-state index contributed by atoms with van der Waals surface area (Å²) in [6, 6.07) is 13.3. The van der Waals surface area contributed by atoms with Crippen LogP contribution in [0.15, 0.2) is 61.4 Å². The number of H-pyrrole nitrogens is 1. The number of likely N-dealkylation sites (tertiary alicyclic amines) is 1. The fourth-order valence-electron chi connectivity index (χ4n) is 4.09. The van der Waals surface area contributed by atoms with Crippen molar-refractivity contribution in [3.05, 3.63) is 67.0 Å². The molecule has 0 radical (unpaired) electrons. The summed E-state index contributed by atoms with van der Waals surface area (Å²) in [5, 5.41) is 9.60. The highest BCUT2D eigenvalue weighted by Gasteiger charge is 2.31. The van der Waals surface area contributed by atoms with E-state index in [1.807, 2.05) is 11.1 Å².